The third kappa shape index (κ3) is 5.46. The summed E-state index contributed by atoms with van der Waals surface area (Å²) in [6.07, 6.45) is 1.66. The maximum Gasteiger partial charge on any atom is 0.239 e. The average molecular weight is 532 g/mol. The fraction of sp³-hybridized carbons (Fsp3) is 0.290. The summed E-state index contributed by atoms with van der Waals surface area (Å²) in [5.74, 6) is -0.643. The molecule has 3 aromatic rings. The molecule has 2 N–H and O–H groups in total. The highest BCUT2D eigenvalue weighted by molar-refractivity contribution is 6.30. The number of carbonyl (C=O) groups excluding carboxylic acids is 2. The summed E-state index contributed by atoms with van der Waals surface area (Å²) >= 11 is 5.97. The predicted molar refractivity (Wildman–Crippen MR) is 150 cm³/mol. The molecule has 1 amide bonds. The predicted octanol–water partition coefficient (Wildman–Crippen LogP) is 6.45. The number of ketones is 1. The maximum absolute atomic E-state index is 15.4. The Kier molecular flexibility index (Phi) is 7.26. The van der Waals surface area contributed by atoms with Gasteiger partial charge in [0, 0.05) is 34.8 Å². The molecule has 5 nitrogen and oxygen atoms in total. The van der Waals surface area contributed by atoms with E-state index in [4.69, 9.17) is 11.6 Å². The first kappa shape index (κ1) is 26.0. The number of anilines is 2. The van der Waals surface area contributed by atoms with Gasteiger partial charge >= 0.3 is 0 Å². The molecule has 0 bridgehead atoms. The lowest BCUT2D eigenvalue weighted by Gasteiger charge is -2.38. The molecule has 0 radical (unpaired) electrons. The molecule has 2 aliphatic rings. The summed E-state index contributed by atoms with van der Waals surface area (Å²) in [6, 6.07) is 20.9. The molecule has 1 atom stereocenters. The lowest BCUT2D eigenvalue weighted by Crippen LogP contribution is -2.42. The molecule has 38 heavy (non-hydrogen) atoms. The van der Waals surface area contributed by atoms with E-state index in [0.717, 1.165) is 22.6 Å². The Morgan fingerprint density at radius 1 is 1.05 bits per heavy atom. The number of nitrogens with zero attached hydrogens (tertiary/aromatic N) is 1. The molecule has 7 heteroatoms. The first-order chi connectivity index (χ1) is 18.2. The van der Waals surface area contributed by atoms with E-state index in [1.54, 1.807) is 18.2 Å². The largest absolute Gasteiger partial charge is 0.357 e. The molecule has 5 rings (SSSR count). The average Bonchev–Trinajstić information content (AvgIpc) is 2.99. The molecule has 1 heterocycles. The van der Waals surface area contributed by atoms with Crippen molar-refractivity contribution in [2.45, 2.75) is 39.2 Å². The number of fused-ring (bicyclic) bond motifs is 1. The van der Waals surface area contributed by atoms with Crippen molar-refractivity contribution < 1.29 is 14.0 Å². The maximum atomic E-state index is 15.4. The summed E-state index contributed by atoms with van der Waals surface area (Å²) in [5, 5.41) is 7.16. The van der Waals surface area contributed by atoms with E-state index in [1.165, 1.54) is 6.07 Å². The Balaban J connectivity index is 1.51. The second-order valence-corrected chi connectivity index (χ2v) is 11.2. The van der Waals surface area contributed by atoms with Crippen LogP contribution < -0.4 is 15.5 Å². The third-order valence-electron chi connectivity index (χ3n) is 7.17. The second-order valence-electron chi connectivity index (χ2n) is 10.8. The van der Waals surface area contributed by atoms with Gasteiger partial charge in [-0.05, 0) is 54.2 Å². The molecule has 0 saturated carbocycles. The van der Waals surface area contributed by atoms with Crippen LogP contribution in [0.2, 0.25) is 5.02 Å². The van der Waals surface area contributed by atoms with Gasteiger partial charge in [0.1, 0.15) is 5.82 Å². The molecule has 0 saturated heterocycles. The van der Waals surface area contributed by atoms with E-state index in [1.807, 2.05) is 53.4 Å². The van der Waals surface area contributed by atoms with Crippen LogP contribution in [-0.2, 0) is 16.0 Å². The van der Waals surface area contributed by atoms with E-state index in [2.05, 4.69) is 24.5 Å². The van der Waals surface area contributed by atoms with Gasteiger partial charge in [-0.25, -0.2) is 4.39 Å². The summed E-state index contributed by atoms with van der Waals surface area (Å²) in [5.41, 5.74) is 4.06. The van der Waals surface area contributed by atoms with E-state index in [9.17, 15) is 9.59 Å². The number of halogens is 2. The van der Waals surface area contributed by atoms with Crippen molar-refractivity contribution in [3.05, 3.63) is 106 Å². The Hall–Kier alpha value is -3.64. The van der Waals surface area contributed by atoms with E-state index >= 15 is 4.39 Å². The van der Waals surface area contributed by atoms with E-state index in [0.29, 0.717) is 42.0 Å². The van der Waals surface area contributed by atoms with Crippen LogP contribution in [0, 0.1) is 11.2 Å². The number of allylic oxidation sites excluding steroid dienone is 1. The van der Waals surface area contributed by atoms with Crippen LogP contribution in [0.4, 0.5) is 15.8 Å². The van der Waals surface area contributed by atoms with Crippen molar-refractivity contribution in [1.82, 2.24) is 5.32 Å². The Morgan fingerprint density at radius 2 is 1.76 bits per heavy atom. The number of benzene rings is 3. The van der Waals surface area contributed by atoms with Crippen LogP contribution in [0.3, 0.4) is 0 Å². The number of carbonyl (C=O) groups is 2. The van der Waals surface area contributed by atoms with Gasteiger partial charge in [0.15, 0.2) is 5.78 Å². The van der Waals surface area contributed by atoms with Gasteiger partial charge in [-0.2, -0.15) is 0 Å². The van der Waals surface area contributed by atoms with Crippen LogP contribution in [0.1, 0.15) is 43.9 Å². The minimum absolute atomic E-state index is 0.0297. The smallest absolute Gasteiger partial charge is 0.239 e. The van der Waals surface area contributed by atoms with Gasteiger partial charge in [0.2, 0.25) is 5.91 Å². The Morgan fingerprint density at radius 3 is 2.53 bits per heavy atom. The van der Waals surface area contributed by atoms with Gasteiger partial charge in [-0.15, -0.1) is 0 Å². The van der Waals surface area contributed by atoms with Crippen LogP contribution in [0.5, 0.6) is 0 Å². The summed E-state index contributed by atoms with van der Waals surface area (Å²) in [4.78, 5) is 28.8. The molecule has 1 aliphatic carbocycles. The minimum Gasteiger partial charge on any atom is -0.357 e. The van der Waals surface area contributed by atoms with Crippen LogP contribution in [-0.4, -0.2) is 24.8 Å². The number of hydrogen-bond acceptors (Lipinski definition) is 4. The zero-order valence-electron chi connectivity index (χ0n) is 21.6. The number of hydrogen-bond donors (Lipinski definition) is 2. The molecular weight excluding hydrogens is 501 g/mol. The number of amides is 1. The molecule has 1 aliphatic heterocycles. The van der Waals surface area contributed by atoms with Crippen molar-refractivity contribution in [2.75, 3.05) is 23.3 Å². The van der Waals surface area contributed by atoms with Gasteiger partial charge in [0.25, 0.3) is 0 Å². The normalized spacial score (nSPS) is 18.3. The van der Waals surface area contributed by atoms with Crippen molar-refractivity contribution in [2.24, 2.45) is 5.41 Å². The van der Waals surface area contributed by atoms with Crippen LogP contribution in [0.15, 0.2) is 84.1 Å². The standard InChI is InChI=1S/C31H31ClFN3O2/c1-31(2)17-25-29(27(37)18-31)30(22-7-3-4-8-23(22)33)36(26-10-6-5-9-24(26)35-25)19-28(38)34-16-15-20-11-13-21(32)14-12-20/h3-14,30,35H,15-19H2,1-2H3,(H,34,38). The van der Waals surface area contributed by atoms with Crippen molar-refractivity contribution in [1.29, 1.82) is 0 Å². The highest BCUT2D eigenvalue weighted by atomic mass is 35.5. The quantitative estimate of drug-likeness (QED) is 0.383. The summed E-state index contributed by atoms with van der Waals surface area (Å²) in [6.45, 7) is 4.54. The van der Waals surface area contributed by atoms with Gasteiger partial charge in [0.05, 0.1) is 24.0 Å². The lowest BCUT2D eigenvalue weighted by atomic mass is 9.73. The second kappa shape index (κ2) is 10.6. The topological polar surface area (TPSA) is 61.4 Å². The number of Topliss-reactive ketones (excluding diaryl/α,β-unsaturated/α-hetero) is 1. The number of nitrogens with one attached hydrogen (secondary N) is 2. The molecule has 0 aromatic heterocycles. The summed E-state index contributed by atoms with van der Waals surface area (Å²) < 4.78 is 15.4. The third-order valence-corrected chi connectivity index (χ3v) is 7.42. The Bertz CT molecular complexity index is 1400. The minimum atomic E-state index is -0.743. The number of para-hydroxylation sites is 2. The van der Waals surface area contributed by atoms with Crippen LogP contribution >= 0.6 is 11.6 Å². The van der Waals surface area contributed by atoms with Crippen molar-refractivity contribution >= 4 is 34.7 Å². The molecular formula is C31H31ClFN3O2. The summed E-state index contributed by atoms with van der Waals surface area (Å²) in [7, 11) is 0. The van der Waals surface area contributed by atoms with E-state index in [-0.39, 0.29) is 23.7 Å². The fourth-order valence-corrected chi connectivity index (χ4v) is 5.58. The van der Waals surface area contributed by atoms with Gasteiger partial charge in [-0.1, -0.05) is 67.9 Å². The zero-order valence-corrected chi connectivity index (χ0v) is 22.3. The first-order valence-electron chi connectivity index (χ1n) is 12.9. The molecule has 3 aromatic carbocycles. The molecule has 196 valence electrons. The Labute approximate surface area is 227 Å². The van der Waals surface area contributed by atoms with E-state index < -0.39 is 11.9 Å². The zero-order chi connectivity index (χ0) is 26.9. The highest BCUT2D eigenvalue weighted by Crippen LogP contribution is 2.48. The van der Waals surface area contributed by atoms with Crippen LogP contribution in [0.25, 0.3) is 0 Å². The van der Waals surface area contributed by atoms with Gasteiger partial charge in [-0.3, -0.25) is 9.59 Å². The molecule has 0 fully saturated rings. The van der Waals surface area contributed by atoms with Gasteiger partial charge < -0.3 is 15.5 Å². The lowest BCUT2D eigenvalue weighted by molar-refractivity contribution is -0.120. The van der Waals surface area contributed by atoms with Crippen molar-refractivity contribution in [3.8, 4) is 0 Å². The molecule has 1 unspecified atom stereocenters. The number of rotatable bonds is 6. The molecule has 0 spiro atoms. The fourth-order valence-electron chi connectivity index (χ4n) is 5.46. The highest BCUT2D eigenvalue weighted by Gasteiger charge is 2.42. The van der Waals surface area contributed by atoms with Crippen molar-refractivity contribution in [3.63, 3.8) is 0 Å². The monoisotopic (exact) mass is 531 g/mol. The SMILES string of the molecule is CC1(C)CC(=O)C2=C(C1)Nc1ccccc1N(CC(=O)NCCc1ccc(Cl)cc1)C2c1ccccc1F. The first-order valence-corrected chi connectivity index (χ1v) is 13.2.